The Kier molecular flexibility index (Phi) is 3.71. The molecule has 6 nitrogen and oxygen atoms in total. The summed E-state index contributed by atoms with van der Waals surface area (Å²) in [5.74, 6) is 1.73. The predicted octanol–water partition coefficient (Wildman–Crippen LogP) is 1.38. The molecule has 1 fully saturated rings. The van der Waals surface area contributed by atoms with E-state index in [0.717, 1.165) is 60.8 Å². The Morgan fingerprint density at radius 2 is 2.09 bits per heavy atom. The number of hydrogen-bond acceptors (Lipinski definition) is 6. The topological polar surface area (TPSA) is 61.4 Å². The van der Waals surface area contributed by atoms with Crippen LogP contribution in [0, 0.1) is 0 Å². The molecule has 1 aromatic heterocycles. The number of aromatic nitrogens is 2. The first-order valence-corrected chi connectivity index (χ1v) is 8.18. The minimum atomic E-state index is 0.106. The Labute approximate surface area is 135 Å². The fourth-order valence-electron chi connectivity index (χ4n) is 3.38. The van der Waals surface area contributed by atoms with Crippen molar-refractivity contribution in [1.82, 2.24) is 19.8 Å². The standard InChI is InChI=1S/C17H21N5O/c1-21-6-3-7-22(9-8-21)11-15-19-13-5-2-4-12-14(23)10-18-17(20-15)16(12)13/h2,4-5H,3,6-11H2,1H3,(H,18,19,20). The van der Waals surface area contributed by atoms with E-state index in [2.05, 4.69) is 27.1 Å². The molecule has 0 amide bonds. The molecule has 4 rings (SSSR count). The van der Waals surface area contributed by atoms with Crippen molar-refractivity contribution in [2.75, 3.05) is 45.1 Å². The lowest BCUT2D eigenvalue weighted by molar-refractivity contribution is 0.101. The Morgan fingerprint density at radius 1 is 1.17 bits per heavy atom. The number of carbonyl (C=O) groups excluding carboxylic acids is 1. The van der Waals surface area contributed by atoms with Crippen molar-refractivity contribution in [3.63, 3.8) is 0 Å². The first-order valence-electron chi connectivity index (χ1n) is 8.18. The van der Waals surface area contributed by atoms with Crippen molar-refractivity contribution < 1.29 is 4.79 Å². The van der Waals surface area contributed by atoms with Crippen LogP contribution >= 0.6 is 0 Å². The molecular weight excluding hydrogens is 290 g/mol. The SMILES string of the molecule is CN1CCCN(Cc2nc3c4c(cccc4n2)C(=O)CN3)CC1. The molecule has 1 saturated heterocycles. The summed E-state index contributed by atoms with van der Waals surface area (Å²) in [5, 5.41) is 4.01. The Hall–Kier alpha value is -2.05. The quantitative estimate of drug-likeness (QED) is 0.904. The van der Waals surface area contributed by atoms with E-state index in [4.69, 9.17) is 4.98 Å². The molecule has 0 spiro atoms. The highest BCUT2D eigenvalue weighted by molar-refractivity contribution is 6.15. The van der Waals surface area contributed by atoms with Gasteiger partial charge in [0, 0.05) is 18.7 Å². The molecule has 0 bridgehead atoms. The highest BCUT2D eigenvalue weighted by Crippen LogP contribution is 2.28. The number of nitrogens with zero attached hydrogens (tertiary/aromatic N) is 4. The largest absolute Gasteiger partial charge is 0.362 e. The van der Waals surface area contributed by atoms with E-state index in [1.165, 1.54) is 6.42 Å². The molecule has 2 aliphatic rings. The van der Waals surface area contributed by atoms with Crippen LogP contribution < -0.4 is 5.32 Å². The summed E-state index contributed by atoms with van der Waals surface area (Å²) in [7, 11) is 2.17. The van der Waals surface area contributed by atoms with E-state index < -0.39 is 0 Å². The van der Waals surface area contributed by atoms with Gasteiger partial charge in [-0.15, -0.1) is 0 Å². The number of likely N-dealkylation sites (N-methyl/N-ethyl adjacent to an activating group) is 1. The predicted molar refractivity (Wildman–Crippen MR) is 89.7 cm³/mol. The number of Topliss-reactive ketones (excluding diaryl/α,β-unsaturated/α-hetero) is 1. The van der Waals surface area contributed by atoms with Gasteiger partial charge in [0.25, 0.3) is 0 Å². The summed E-state index contributed by atoms with van der Waals surface area (Å²) in [6.07, 6.45) is 1.17. The second-order valence-corrected chi connectivity index (χ2v) is 6.40. The van der Waals surface area contributed by atoms with Gasteiger partial charge < -0.3 is 10.2 Å². The van der Waals surface area contributed by atoms with E-state index in [0.29, 0.717) is 6.54 Å². The van der Waals surface area contributed by atoms with E-state index in [9.17, 15) is 4.79 Å². The van der Waals surface area contributed by atoms with Gasteiger partial charge in [-0.25, -0.2) is 9.97 Å². The summed E-state index contributed by atoms with van der Waals surface area (Å²) in [4.78, 5) is 26.2. The number of ketones is 1. The smallest absolute Gasteiger partial charge is 0.182 e. The first-order chi connectivity index (χ1) is 11.2. The van der Waals surface area contributed by atoms with Gasteiger partial charge in [0.05, 0.1) is 24.0 Å². The molecule has 120 valence electrons. The molecule has 6 heteroatoms. The van der Waals surface area contributed by atoms with E-state index in [-0.39, 0.29) is 5.78 Å². The monoisotopic (exact) mass is 311 g/mol. The second-order valence-electron chi connectivity index (χ2n) is 6.40. The highest BCUT2D eigenvalue weighted by Gasteiger charge is 2.22. The average molecular weight is 311 g/mol. The van der Waals surface area contributed by atoms with Crippen LogP contribution in [0.2, 0.25) is 0 Å². The van der Waals surface area contributed by atoms with Crippen LogP contribution in [0.5, 0.6) is 0 Å². The van der Waals surface area contributed by atoms with Crippen LogP contribution in [-0.2, 0) is 6.54 Å². The van der Waals surface area contributed by atoms with Crippen LogP contribution in [0.3, 0.4) is 0 Å². The summed E-state index contributed by atoms with van der Waals surface area (Å²) in [6, 6.07) is 5.73. The van der Waals surface area contributed by atoms with Gasteiger partial charge in [-0.2, -0.15) is 0 Å². The molecule has 0 atom stereocenters. The molecular formula is C17H21N5O. The number of nitrogens with one attached hydrogen (secondary N) is 1. The van der Waals surface area contributed by atoms with Gasteiger partial charge in [0.1, 0.15) is 11.6 Å². The van der Waals surface area contributed by atoms with Crippen molar-refractivity contribution >= 4 is 22.5 Å². The van der Waals surface area contributed by atoms with Crippen molar-refractivity contribution in [3.05, 3.63) is 29.6 Å². The van der Waals surface area contributed by atoms with Crippen LogP contribution in [-0.4, -0.2) is 65.3 Å². The maximum Gasteiger partial charge on any atom is 0.182 e. The third kappa shape index (κ3) is 2.80. The Morgan fingerprint density at radius 3 is 3.00 bits per heavy atom. The van der Waals surface area contributed by atoms with Gasteiger partial charge in [0.2, 0.25) is 0 Å². The van der Waals surface area contributed by atoms with Crippen molar-refractivity contribution in [2.45, 2.75) is 13.0 Å². The Bertz CT molecular complexity index is 760. The lowest BCUT2D eigenvalue weighted by Gasteiger charge is -2.21. The molecule has 0 unspecified atom stereocenters. The van der Waals surface area contributed by atoms with Crippen LogP contribution in [0.4, 0.5) is 5.82 Å². The normalized spacial score (nSPS) is 19.6. The van der Waals surface area contributed by atoms with E-state index in [1.807, 2.05) is 18.2 Å². The second kappa shape index (κ2) is 5.86. The van der Waals surface area contributed by atoms with Crippen LogP contribution in [0.25, 0.3) is 10.9 Å². The maximum absolute atomic E-state index is 12.0. The molecule has 1 aromatic carbocycles. The molecule has 1 N–H and O–H groups in total. The fraction of sp³-hybridized carbons (Fsp3) is 0.471. The third-order valence-corrected chi connectivity index (χ3v) is 4.66. The molecule has 0 radical (unpaired) electrons. The summed E-state index contributed by atoms with van der Waals surface area (Å²) in [5.41, 5.74) is 1.59. The number of benzene rings is 1. The highest BCUT2D eigenvalue weighted by atomic mass is 16.1. The first kappa shape index (κ1) is 14.5. The molecule has 23 heavy (non-hydrogen) atoms. The van der Waals surface area contributed by atoms with Gasteiger partial charge in [-0.05, 0) is 32.6 Å². The number of hydrogen-bond donors (Lipinski definition) is 1. The Balaban J connectivity index is 1.66. The van der Waals surface area contributed by atoms with Crippen molar-refractivity contribution in [2.24, 2.45) is 0 Å². The average Bonchev–Trinajstić information content (AvgIpc) is 2.75. The lowest BCUT2D eigenvalue weighted by atomic mass is 10.0. The summed E-state index contributed by atoms with van der Waals surface area (Å²) < 4.78 is 0. The van der Waals surface area contributed by atoms with Gasteiger partial charge in [-0.1, -0.05) is 12.1 Å². The fourth-order valence-corrected chi connectivity index (χ4v) is 3.38. The molecule has 0 aliphatic carbocycles. The minimum absolute atomic E-state index is 0.106. The summed E-state index contributed by atoms with van der Waals surface area (Å²) in [6.45, 7) is 5.42. The van der Waals surface area contributed by atoms with Gasteiger partial charge in [0.15, 0.2) is 5.78 Å². The zero-order valence-electron chi connectivity index (χ0n) is 13.4. The molecule has 2 aliphatic heterocycles. The van der Waals surface area contributed by atoms with E-state index >= 15 is 0 Å². The molecule has 3 heterocycles. The maximum atomic E-state index is 12.0. The summed E-state index contributed by atoms with van der Waals surface area (Å²) >= 11 is 0. The third-order valence-electron chi connectivity index (χ3n) is 4.66. The molecule has 2 aromatic rings. The lowest BCUT2D eigenvalue weighted by Crippen LogP contribution is -2.29. The van der Waals surface area contributed by atoms with Crippen molar-refractivity contribution in [3.8, 4) is 0 Å². The molecule has 0 saturated carbocycles. The zero-order valence-corrected chi connectivity index (χ0v) is 13.4. The van der Waals surface area contributed by atoms with Crippen molar-refractivity contribution in [1.29, 1.82) is 0 Å². The minimum Gasteiger partial charge on any atom is -0.362 e. The number of rotatable bonds is 2. The van der Waals surface area contributed by atoms with Gasteiger partial charge >= 0.3 is 0 Å². The zero-order chi connectivity index (χ0) is 15.8. The van der Waals surface area contributed by atoms with Crippen LogP contribution in [0.1, 0.15) is 22.6 Å². The van der Waals surface area contributed by atoms with Crippen LogP contribution in [0.15, 0.2) is 18.2 Å². The van der Waals surface area contributed by atoms with E-state index in [1.54, 1.807) is 0 Å². The van der Waals surface area contributed by atoms with Gasteiger partial charge in [-0.3, -0.25) is 9.69 Å². The number of anilines is 1. The number of carbonyl (C=O) groups is 1.